The number of benzene rings is 7. The van der Waals surface area contributed by atoms with Crippen molar-refractivity contribution < 1.29 is 0 Å². The maximum atomic E-state index is 5.61. The van der Waals surface area contributed by atoms with Crippen LogP contribution in [0, 0.1) is 0 Å². The summed E-state index contributed by atoms with van der Waals surface area (Å²) in [5, 5.41) is 1.02. The van der Waals surface area contributed by atoms with Crippen LogP contribution in [0.2, 0.25) is 0 Å². The Morgan fingerprint density at radius 2 is 0.913 bits per heavy atom. The second-order valence-electron chi connectivity index (χ2n) is 20.3. The number of aryl methyl sites for hydroxylation is 2. The van der Waals surface area contributed by atoms with E-state index in [9.17, 15) is 0 Å². The molecule has 11 rings (SSSR count). The number of aromatic nitrogens is 4. The molecule has 4 nitrogen and oxygen atoms in total. The summed E-state index contributed by atoms with van der Waals surface area (Å²) >= 11 is 0. The molecule has 2 aliphatic rings. The van der Waals surface area contributed by atoms with Gasteiger partial charge in [0.25, 0.3) is 0 Å². The molecule has 0 N–H and O–H groups in total. The standard InChI is InChI=1S/C65H62N4/c1-6-8-10-14-24-43-36-44(25-15-11-9-7-2)38-48(37-43)65(5)56-33-23-21-31-50(56)51-39-47(34-35-57(51)65)59-41-54(53-40-52-49-30-20-22-32-55(49)64(3,4)58(52)42-60(53)66-59)63-68-61(45-26-16-12-17-27-45)67-62(69-63)46-28-18-13-19-29-46/h12-13,16-23,26-42H,6-11,14-15,24-25H2,1-5H3. The molecule has 0 bridgehead atoms. The van der Waals surface area contributed by atoms with Gasteiger partial charge in [-0.1, -0.05) is 206 Å². The van der Waals surface area contributed by atoms with Gasteiger partial charge in [0.2, 0.25) is 0 Å². The van der Waals surface area contributed by atoms with Gasteiger partial charge in [-0.05, 0) is 118 Å². The molecule has 2 heterocycles. The molecule has 1 atom stereocenters. The molecule has 2 aromatic heterocycles. The summed E-state index contributed by atoms with van der Waals surface area (Å²) in [6.07, 6.45) is 12.4. The molecule has 4 heteroatoms. The fourth-order valence-corrected chi connectivity index (χ4v) is 11.5. The average Bonchev–Trinajstić information content (AvgIpc) is 3.78. The van der Waals surface area contributed by atoms with E-state index < -0.39 is 0 Å². The Bertz CT molecular complexity index is 3260. The Kier molecular flexibility index (Phi) is 11.9. The molecule has 1 unspecified atom stereocenters. The van der Waals surface area contributed by atoms with Crippen molar-refractivity contribution in [2.75, 3.05) is 0 Å². The molecule has 0 aliphatic heterocycles. The SMILES string of the molecule is CCCCCCc1cc(CCCCCC)cc(C2(C)c3ccccc3-c3cc(-c4cc(-c5nc(-c6ccccc6)nc(-c6ccccc6)n5)c5cc6c(cc5n4)C(C)(C)c4ccccc4-6)ccc32)c1. The molecular formula is C65H62N4. The van der Waals surface area contributed by atoms with Crippen molar-refractivity contribution in [1.29, 1.82) is 0 Å². The molecule has 2 aliphatic carbocycles. The second-order valence-corrected chi connectivity index (χ2v) is 20.3. The summed E-state index contributed by atoms with van der Waals surface area (Å²) in [5.41, 5.74) is 20.0. The molecule has 0 radical (unpaired) electrons. The minimum atomic E-state index is -0.308. The lowest BCUT2D eigenvalue weighted by Gasteiger charge is -2.30. The van der Waals surface area contributed by atoms with Crippen LogP contribution in [0.4, 0.5) is 0 Å². The number of hydrogen-bond donors (Lipinski definition) is 0. The van der Waals surface area contributed by atoms with E-state index >= 15 is 0 Å². The molecule has 0 amide bonds. The van der Waals surface area contributed by atoms with Gasteiger partial charge in [0.05, 0.1) is 11.2 Å². The van der Waals surface area contributed by atoms with Crippen molar-refractivity contribution >= 4 is 10.9 Å². The minimum Gasteiger partial charge on any atom is -0.248 e. The molecule has 0 saturated carbocycles. The first-order valence-corrected chi connectivity index (χ1v) is 25.6. The Morgan fingerprint density at radius 1 is 0.377 bits per heavy atom. The first-order chi connectivity index (χ1) is 33.7. The predicted molar refractivity (Wildman–Crippen MR) is 288 cm³/mol. The van der Waals surface area contributed by atoms with Crippen molar-refractivity contribution in [3.8, 4) is 67.7 Å². The van der Waals surface area contributed by atoms with E-state index in [1.807, 2.05) is 36.4 Å². The summed E-state index contributed by atoms with van der Waals surface area (Å²) in [6, 6.07) is 60.1. The number of unbranched alkanes of at least 4 members (excludes halogenated alkanes) is 6. The van der Waals surface area contributed by atoms with E-state index in [4.69, 9.17) is 19.9 Å². The van der Waals surface area contributed by atoms with Crippen LogP contribution in [-0.2, 0) is 23.7 Å². The smallest absolute Gasteiger partial charge is 0.164 e. The quantitative estimate of drug-likeness (QED) is 0.0962. The van der Waals surface area contributed by atoms with Crippen molar-refractivity contribution in [2.24, 2.45) is 0 Å². The molecular weight excluding hydrogens is 837 g/mol. The van der Waals surface area contributed by atoms with E-state index in [0.717, 1.165) is 51.7 Å². The molecule has 342 valence electrons. The third-order valence-corrected chi connectivity index (χ3v) is 15.3. The predicted octanol–water partition coefficient (Wildman–Crippen LogP) is 17.0. The molecule has 7 aromatic carbocycles. The molecule has 0 spiro atoms. The van der Waals surface area contributed by atoms with Gasteiger partial charge in [-0.3, -0.25) is 0 Å². The van der Waals surface area contributed by atoms with Crippen molar-refractivity contribution in [2.45, 2.75) is 110 Å². The van der Waals surface area contributed by atoms with Gasteiger partial charge in [0.1, 0.15) is 0 Å². The topological polar surface area (TPSA) is 51.6 Å². The van der Waals surface area contributed by atoms with E-state index in [2.05, 4.69) is 162 Å². The number of fused-ring (bicyclic) bond motifs is 7. The number of hydrogen-bond acceptors (Lipinski definition) is 4. The highest BCUT2D eigenvalue weighted by Gasteiger charge is 2.41. The van der Waals surface area contributed by atoms with Crippen LogP contribution in [0.1, 0.15) is 125 Å². The van der Waals surface area contributed by atoms with Gasteiger partial charge < -0.3 is 0 Å². The fourth-order valence-electron chi connectivity index (χ4n) is 11.5. The summed E-state index contributed by atoms with van der Waals surface area (Å²) in [6.45, 7) is 11.7. The molecule has 9 aromatic rings. The molecule has 69 heavy (non-hydrogen) atoms. The Labute approximate surface area is 409 Å². The fraction of sp³-hybridized carbons (Fsp3) is 0.262. The van der Waals surface area contributed by atoms with Gasteiger partial charge >= 0.3 is 0 Å². The maximum Gasteiger partial charge on any atom is 0.164 e. The van der Waals surface area contributed by atoms with E-state index in [0.29, 0.717) is 17.5 Å². The van der Waals surface area contributed by atoms with Crippen molar-refractivity contribution in [3.63, 3.8) is 0 Å². The normalized spacial score (nSPS) is 15.2. The monoisotopic (exact) mass is 898 g/mol. The zero-order chi connectivity index (χ0) is 47.1. The van der Waals surface area contributed by atoms with Crippen LogP contribution in [-0.4, -0.2) is 19.9 Å². The van der Waals surface area contributed by atoms with Gasteiger partial charge in [-0.25, -0.2) is 19.9 Å². The zero-order valence-corrected chi connectivity index (χ0v) is 40.9. The summed E-state index contributed by atoms with van der Waals surface area (Å²) < 4.78 is 0. The third-order valence-electron chi connectivity index (χ3n) is 15.3. The van der Waals surface area contributed by atoms with E-state index in [-0.39, 0.29) is 10.8 Å². The highest BCUT2D eigenvalue weighted by Crippen LogP contribution is 2.54. The largest absolute Gasteiger partial charge is 0.248 e. The van der Waals surface area contributed by atoms with Crippen LogP contribution in [0.5, 0.6) is 0 Å². The van der Waals surface area contributed by atoms with Crippen molar-refractivity contribution in [3.05, 3.63) is 203 Å². The van der Waals surface area contributed by atoms with Crippen LogP contribution in [0.3, 0.4) is 0 Å². The average molecular weight is 899 g/mol. The second kappa shape index (κ2) is 18.5. The lowest BCUT2D eigenvalue weighted by atomic mass is 9.73. The zero-order valence-electron chi connectivity index (χ0n) is 40.9. The number of rotatable bonds is 15. The molecule has 0 saturated heterocycles. The Hall–Kier alpha value is -7.04. The number of pyridine rings is 1. The van der Waals surface area contributed by atoms with Gasteiger partial charge in [-0.15, -0.1) is 0 Å². The van der Waals surface area contributed by atoms with E-state index in [1.165, 1.54) is 113 Å². The lowest BCUT2D eigenvalue weighted by Crippen LogP contribution is -2.23. The third kappa shape index (κ3) is 8.08. The first-order valence-electron chi connectivity index (χ1n) is 25.6. The maximum absolute atomic E-state index is 5.61. The summed E-state index contributed by atoms with van der Waals surface area (Å²) in [7, 11) is 0. The minimum absolute atomic E-state index is 0.185. The lowest BCUT2D eigenvalue weighted by molar-refractivity contribution is 0.656. The Morgan fingerprint density at radius 3 is 1.54 bits per heavy atom. The van der Waals surface area contributed by atoms with Gasteiger partial charge in [0.15, 0.2) is 17.5 Å². The van der Waals surface area contributed by atoms with Gasteiger partial charge in [0, 0.05) is 38.5 Å². The Balaban J connectivity index is 1.10. The number of nitrogens with zero attached hydrogens (tertiary/aromatic N) is 4. The van der Waals surface area contributed by atoms with Gasteiger partial charge in [-0.2, -0.15) is 0 Å². The highest BCUT2D eigenvalue weighted by atomic mass is 15.0. The molecule has 0 fully saturated rings. The summed E-state index contributed by atoms with van der Waals surface area (Å²) in [5.74, 6) is 1.91. The highest BCUT2D eigenvalue weighted by molar-refractivity contribution is 6.01. The van der Waals surface area contributed by atoms with Crippen LogP contribution >= 0.6 is 0 Å². The van der Waals surface area contributed by atoms with E-state index in [1.54, 1.807) is 0 Å². The van der Waals surface area contributed by atoms with Crippen LogP contribution in [0.25, 0.3) is 78.6 Å². The van der Waals surface area contributed by atoms with Crippen LogP contribution in [0.15, 0.2) is 164 Å². The first kappa shape index (κ1) is 44.5. The summed E-state index contributed by atoms with van der Waals surface area (Å²) in [4.78, 5) is 21.3. The van der Waals surface area contributed by atoms with Crippen LogP contribution < -0.4 is 0 Å². The van der Waals surface area contributed by atoms with Crippen molar-refractivity contribution in [1.82, 2.24) is 19.9 Å².